The van der Waals surface area contributed by atoms with Crippen molar-refractivity contribution in [3.8, 4) is 11.3 Å². The van der Waals surface area contributed by atoms with Gasteiger partial charge >= 0.3 is 0 Å². The Morgan fingerprint density at radius 3 is 2.68 bits per heavy atom. The van der Waals surface area contributed by atoms with E-state index in [1.807, 2.05) is 30.3 Å². The molecule has 2 N–H and O–H groups in total. The minimum Gasteiger partial charge on any atom is -0.451 e. The summed E-state index contributed by atoms with van der Waals surface area (Å²) in [5.41, 5.74) is 0.962. The van der Waals surface area contributed by atoms with Gasteiger partial charge in [-0.3, -0.25) is 4.79 Å². The Labute approximate surface area is 137 Å². The summed E-state index contributed by atoms with van der Waals surface area (Å²) in [4.78, 5) is 12.3. The summed E-state index contributed by atoms with van der Waals surface area (Å²) >= 11 is 3.41. The Kier molecular flexibility index (Phi) is 3.54. The number of fused-ring (bicyclic) bond motifs is 2. The van der Waals surface area contributed by atoms with Gasteiger partial charge in [0, 0.05) is 28.2 Å². The molecule has 0 aliphatic carbocycles. The molecule has 0 spiro atoms. The zero-order valence-corrected chi connectivity index (χ0v) is 13.6. The fraction of sp³-hybridized carbons (Fsp3) is 0.353. The molecule has 4 nitrogen and oxygen atoms in total. The number of carbonyl (C=O) groups is 1. The van der Waals surface area contributed by atoms with Crippen LogP contribution in [0.25, 0.3) is 11.3 Å². The zero-order chi connectivity index (χ0) is 15.1. The molecule has 0 saturated carbocycles. The second-order valence-corrected chi connectivity index (χ2v) is 6.95. The summed E-state index contributed by atoms with van der Waals surface area (Å²) in [7, 11) is 0. The maximum atomic E-state index is 12.3. The first kappa shape index (κ1) is 14.0. The average Bonchev–Trinajstić information content (AvgIpc) is 3.24. The molecule has 2 aliphatic heterocycles. The van der Waals surface area contributed by atoms with Crippen LogP contribution in [0.15, 0.2) is 45.3 Å². The van der Waals surface area contributed by atoms with Crippen LogP contribution in [0.5, 0.6) is 0 Å². The van der Waals surface area contributed by atoms with Crippen molar-refractivity contribution >= 4 is 21.8 Å². The number of hydrogen-bond acceptors (Lipinski definition) is 3. The van der Waals surface area contributed by atoms with Crippen LogP contribution in [-0.2, 0) is 0 Å². The van der Waals surface area contributed by atoms with E-state index in [-0.39, 0.29) is 11.9 Å². The van der Waals surface area contributed by atoms with Crippen LogP contribution in [0, 0.1) is 0 Å². The second kappa shape index (κ2) is 5.56. The van der Waals surface area contributed by atoms with E-state index in [1.165, 1.54) is 6.42 Å². The van der Waals surface area contributed by atoms with Crippen molar-refractivity contribution in [1.29, 1.82) is 0 Å². The van der Waals surface area contributed by atoms with Crippen LogP contribution in [0.2, 0.25) is 0 Å². The highest BCUT2D eigenvalue weighted by Crippen LogP contribution is 2.29. The molecule has 1 aromatic heterocycles. The molecule has 114 valence electrons. The first-order valence-corrected chi connectivity index (χ1v) is 8.41. The first-order valence-electron chi connectivity index (χ1n) is 7.62. The summed E-state index contributed by atoms with van der Waals surface area (Å²) < 4.78 is 6.73. The lowest BCUT2D eigenvalue weighted by Gasteiger charge is -2.20. The molecule has 2 bridgehead atoms. The highest BCUT2D eigenvalue weighted by atomic mass is 79.9. The van der Waals surface area contributed by atoms with Gasteiger partial charge in [-0.1, -0.05) is 28.1 Å². The van der Waals surface area contributed by atoms with E-state index in [0.29, 0.717) is 23.6 Å². The van der Waals surface area contributed by atoms with Gasteiger partial charge in [0.1, 0.15) is 5.76 Å². The number of hydrogen-bond donors (Lipinski definition) is 2. The molecule has 1 aromatic carbocycles. The number of benzene rings is 1. The molecule has 3 atom stereocenters. The molecule has 22 heavy (non-hydrogen) atoms. The number of amides is 1. The Bertz CT molecular complexity index is 695. The molecule has 0 unspecified atom stereocenters. The van der Waals surface area contributed by atoms with E-state index < -0.39 is 0 Å². The van der Waals surface area contributed by atoms with E-state index in [4.69, 9.17) is 4.42 Å². The van der Waals surface area contributed by atoms with Crippen molar-refractivity contribution in [2.75, 3.05) is 0 Å². The van der Waals surface area contributed by atoms with Crippen molar-refractivity contribution in [2.24, 2.45) is 0 Å². The highest BCUT2D eigenvalue weighted by molar-refractivity contribution is 9.10. The van der Waals surface area contributed by atoms with Gasteiger partial charge in [-0.15, -0.1) is 0 Å². The summed E-state index contributed by atoms with van der Waals surface area (Å²) in [5.74, 6) is 0.965. The number of rotatable bonds is 3. The van der Waals surface area contributed by atoms with Crippen LogP contribution < -0.4 is 10.6 Å². The van der Waals surface area contributed by atoms with Crippen LogP contribution >= 0.6 is 15.9 Å². The summed E-state index contributed by atoms with van der Waals surface area (Å²) in [6, 6.07) is 12.7. The predicted molar refractivity (Wildman–Crippen MR) is 87.7 cm³/mol. The molecular weight excluding hydrogens is 344 g/mol. The van der Waals surface area contributed by atoms with Gasteiger partial charge < -0.3 is 15.1 Å². The molecule has 2 aromatic rings. The van der Waals surface area contributed by atoms with Gasteiger partial charge in [0.25, 0.3) is 5.91 Å². The van der Waals surface area contributed by atoms with Crippen molar-refractivity contribution in [3.63, 3.8) is 0 Å². The molecule has 2 saturated heterocycles. The van der Waals surface area contributed by atoms with Gasteiger partial charge in [-0.05, 0) is 43.5 Å². The molecule has 5 heteroatoms. The third-order valence-electron chi connectivity index (χ3n) is 4.58. The fourth-order valence-corrected chi connectivity index (χ4v) is 3.72. The van der Waals surface area contributed by atoms with Crippen molar-refractivity contribution < 1.29 is 9.21 Å². The molecule has 2 fully saturated rings. The normalized spacial score (nSPS) is 26.3. The topological polar surface area (TPSA) is 54.3 Å². The van der Waals surface area contributed by atoms with E-state index in [2.05, 4.69) is 26.6 Å². The Balaban J connectivity index is 1.46. The maximum Gasteiger partial charge on any atom is 0.287 e. The van der Waals surface area contributed by atoms with Crippen molar-refractivity contribution in [1.82, 2.24) is 10.6 Å². The van der Waals surface area contributed by atoms with E-state index in [0.717, 1.165) is 22.9 Å². The van der Waals surface area contributed by atoms with E-state index in [9.17, 15) is 4.79 Å². The van der Waals surface area contributed by atoms with Gasteiger partial charge in [-0.25, -0.2) is 0 Å². The average molecular weight is 361 g/mol. The standard InChI is InChI=1S/C17H17BrN2O2/c18-11-3-1-10(2-4-11)15-7-8-16(22-15)17(21)20-14-9-12-5-6-13(14)19-12/h1-4,7-8,12-14,19H,5-6,9H2,(H,20,21)/t12-,13+,14-/m1/s1. The third-order valence-corrected chi connectivity index (χ3v) is 5.10. The number of furan rings is 1. The van der Waals surface area contributed by atoms with Gasteiger partial charge in [0.2, 0.25) is 0 Å². The first-order chi connectivity index (χ1) is 10.7. The summed E-state index contributed by atoms with van der Waals surface area (Å²) in [6.07, 6.45) is 3.40. The summed E-state index contributed by atoms with van der Waals surface area (Å²) in [5, 5.41) is 6.62. The largest absolute Gasteiger partial charge is 0.451 e. The molecular formula is C17H17BrN2O2. The number of carbonyl (C=O) groups excluding carboxylic acids is 1. The quantitative estimate of drug-likeness (QED) is 0.882. The van der Waals surface area contributed by atoms with Crippen LogP contribution in [0.4, 0.5) is 0 Å². The van der Waals surface area contributed by atoms with Crippen molar-refractivity contribution in [2.45, 2.75) is 37.4 Å². The van der Waals surface area contributed by atoms with Crippen LogP contribution in [0.1, 0.15) is 29.8 Å². The van der Waals surface area contributed by atoms with Crippen LogP contribution in [-0.4, -0.2) is 24.0 Å². The molecule has 0 radical (unpaired) electrons. The highest BCUT2D eigenvalue weighted by Gasteiger charge is 2.39. The lowest BCUT2D eigenvalue weighted by Crippen LogP contribution is -2.42. The van der Waals surface area contributed by atoms with E-state index in [1.54, 1.807) is 6.07 Å². The lowest BCUT2D eigenvalue weighted by atomic mass is 9.95. The third kappa shape index (κ3) is 2.59. The van der Waals surface area contributed by atoms with Gasteiger partial charge in [0.05, 0.1) is 0 Å². The zero-order valence-electron chi connectivity index (χ0n) is 12.0. The Morgan fingerprint density at radius 2 is 2.00 bits per heavy atom. The molecule has 1 amide bonds. The smallest absolute Gasteiger partial charge is 0.287 e. The SMILES string of the molecule is O=C(N[C@@H]1C[C@H]2CC[C@@H]1N2)c1ccc(-c2ccc(Br)cc2)o1. The van der Waals surface area contributed by atoms with E-state index >= 15 is 0 Å². The van der Waals surface area contributed by atoms with Gasteiger partial charge in [-0.2, -0.15) is 0 Å². The minimum absolute atomic E-state index is 0.122. The van der Waals surface area contributed by atoms with Gasteiger partial charge in [0.15, 0.2) is 5.76 Å². The Morgan fingerprint density at radius 1 is 1.18 bits per heavy atom. The Hall–Kier alpha value is -1.59. The monoisotopic (exact) mass is 360 g/mol. The maximum absolute atomic E-state index is 12.3. The second-order valence-electron chi connectivity index (χ2n) is 6.03. The molecule has 3 heterocycles. The van der Waals surface area contributed by atoms with Crippen molar-refractivity contribution in [3.05, 3.63) is 46.6 Å². The predicted octanol–water partition coefficient (Wildman–Crippen LogP) is 3.33. The lowest BCUT2D eigenvalue weighted by molar-refractivity contribution is 0.0903. The molecule has 4 rings (SSSR count). The minimum atomic E-state index is -0.122. The summed E-state index contributed by atoms with van der Waals surface area (Å²) in [6.45, 7) is 0. The van der Waals surface area contributed by atoms with Crippen LogP contribution in [0.3, 0.4) is 0 Å². The number of halogens is 1. The molecule has 2 aliphatic rings. The fourth-order valence-electron chi connectivity index (χ4n) is 3.45. The number of nitrogens with one attached hydrogen (secondary N) is 2.